The summed E-state index contributed by atoms with van der Waals surface area (Å²) in [6.45, 7) is 6.32. The van der Waals surface area contributed by atoms with Crippen LogP contribution in [0.1, 0.15) is 38.2 Å². The first-order valence-electron chi connectivity index (χ1n) is 8.42. The largest absolute Gasteiger partial charge is 0.489 e. The van der Waals surface area contributed by atoms with Crippen LogP contribution < -0.4 is 10.2 Å². The second-order valence-corrected chi connectivity index (χ2v) is 7.77. The summed E-state index contributed by atoms with van der Waals surface area (Å²) < 4.78 is 6.54. The maximum atomic E-state index is 12.4. The van der Waals surface area contributed by atoms with Gasteiger partial charge in [0.25, 0.3) is 0 Å². The minimum Gasteiger partial charge on any atom is -0.489 e. The van der Waals surface area contributed by atoms with Gasteiger partial charge in [0.1, 0.15) is 12.4 Å². The van der Waals surface area contributed by atoms with Crippen molar-refractivity contribution in [1.82, 2.24) is 5.43 Å². The number of halogens is 1. The van der Waals surface area contributed by atoms with Crippen molar-refractivity contribution < 1.29 is 9.53 Å². The van der Waals surface area contributed by atoms with Gasteiger partial charge in [-0.25, -0.2) is 5.43 Å². The van der Waals surface area contributed by atoms with Crippen molar-refractivity contribution in [1.29, 1.82) is 0 Å². The lowest BCUT2D eigenvalue weighted by Crippen LogP contribution is -2.22. The molecule has 0 saturated heterocycles. The van der Waals surface area contributed by atoms with Crippen molar-refractivity contribution >= 4 is 28.1 Å². The molecule has 24 heavy (non-hydrogen) atoms. The number of carbonyl (C=O) groups excluding carboxylic acids is 1. The molecule has 0 heterocycles. The molecule has 1 aromatic carbocycles. The number of nitrogens with zero attached hydrogens (tertiary/aromatic N) is 1. The van der Waals surface area contributed by atoms with Gasteiger partial charge < -0.3 is 4.74 Å². The molecule has 2 saturated carbocycles. The van der Waals surface area contributed by atoms with Crippen molar-refractivity contribution in [2.75, 3.05) is 6.61 Å². The summed E-state index contributed by atoms with van der Waals surface area (Å²) in [7, 11) is 0. The Morgan fingerprint density at radius 2 is 2.38 bits per heavy atom. The summed E-state index contributed by atoms with van der Waals surface area (Å²) in [6, 6.07) is 5.68. The van der Waals surface area contributed by atoms with Crippen molar-refractivity contribution in [2.24, 2.45) is 22.4 Å². The molecule has 3 atom stereocenters. The van der Waals surface area contributed by atoms with Gasteiger partial charge in [-0.1, -0.05) is 48.4 Å². The number of fused-ring (bicyclic) bond motifs is 1. The molecule has 0 unspecified atom stereocenters. The van der Waals surface area contributed by atoms with E-state index in [-0.39, 0.29) is 17.2 Å². The first-order chi connectivity index (χ1) is 11.6. The molecule has 1 amide bonds. The molecule has 0 bridgehead atoms. The van der Waals surface area contributed by atoms with E-state index in [9.17, 15) is 4.79 Å². The van der Waals surface area contributed by atoms with E-state index < -0.39 is 0 Å². The summed E-state index contributed by atoms with van der Waals surface area (Å²) in [5, 5.41) is 4.15. The minimum atomic E-state index is 0.0456. The van der Waals surface area contributed by atoms with Crippen LogP contribution in [0.2, 0.25) is 0 Å². The molecule has 1 aromatic rings. The summed E-state index contributed by atoms with van der Waals surface area (Å²) in [6.07, 6.45) is 8.14. The van der Waals surface area contributed by atoms with Crippen LogP contribution in [0.15, 0.2) is 40.4 Å². The fraction of sp³-hybridized carbons (Fsp3) is 0.474. The zero-order chi connectivity index (χ0) is 17.2. The maximum Gasteiger partial charge on any atom is 0.244 e. The van der Waals surface area contributed by atoms with E-state index in [1.54, 1.807) is 12.3 Å². The van der Waals surface area contributed by atoms with Crippen LogP contribution >= 0.6 is 15.9 Å². The Morgan fingerprint density at radius 1 is 1.54 bits per heavy atom. The molecule has 5 heteroatoms. The standard InChI is InChI=1S/C19H23BrN2O2/c1-3-10-24-16-8-7-14(20)11-13(16)12-21-22-18(23)17-15-6-4-5-9-19(15,17)2/h3,7-8,11-12,15,17H,1,4-6,9-10H2,2H3,(H,22,23)/b21-12-/t15-,17-,19+/m1/s1. The third kappa shape index (κ3) is 3.41. The predicted octanol–water partition coefficient (Wildman–Crippen LogP) is 4.29. The van der Waals surface area contributed by atoms with Gasteiger partial charge in [0.05, 0.1) is 6.21 Å². The summed E-state index contributed by atoms with van der Waals surface area (Å²) in [4.78, 5) is 12.4. The highest BCUT2D eigenvalue weighted by Gasteiger charge is 2.64. The van der Waals surface area contributed by atoms with Crippen LogP contribution in [-0.4, -0.2) is 18.7 Å². The van der Waals surface area contributed by atoms with Gasteiger partial charge in [0.15, 0.2) is 0 Å². The van der Waals surface area contributed by atoms with E-state index >= 15 is 0 Å². The van der Waals surface area contributed by atoms with Gasteiger partial charge in [-0.3, -0.25) is 4.79 Å². The maximum absolute atomic E-state index is 12.4. The molecule has 0 radical (unpaired) electrons. The zero-order valence-electron chi connectivity index (χ0n) is 13.9. The average molecular weight is 391 g/mol. The van der Waals surface area contributed by atoms with Crippen LogP contribution in [0.25, 0.3) is 0 Å². The number of nitrogens with one attached hydrogen (secondary N) is 1. The van der Waals surface area contributed by atoms with Crippen LogP contribution in [0.4, 0.5) is 0 Å². The van der Waals surface area contributed by atoms with Crippen molar-refractivity contribution in [3.8, 4) is 5.75 Å². The molecular formula is C19H23BrN2O2. The molecule has 0 spiro atoms. The molecule has 4 nitrogen and oxygen atoms in total. The lowest BCUT2D eigenvalue weighted by molar-refractivity contribution is -0.123. The fourth-order valence-corrected chi connectivity index (χ4v) is 4.36. The molecule has 1 N–H and O–H groups in total. The molecule has 2 aliphatic rings. The van der Waals surface area contributed by atoms with Crippen LogP contribution in [-0.2, 0) is 4.79 Å². The van der Waals surface area contributed by atoms with E-state index in [0.717, 1.165) is 16.5 Å². The quantitative estimate of drug-likeness (QED) is 0.447. The van der Waals surface area contributed by atoms with Gasteiger partial charge in [-0.2, -0.15) is 5.10 Å². The molecular weight excluding hydrogens is 368 g/mol. The van der Waals surface area contributed by atoms with Crippen LogP contribution in [0.5, 0.6) is 5.75 Å². The highest BCUT2D eigenvalue weighted by molar-refractivity contribution is 9.10. The summed E-state index contributed by atoms with van der Waals surface area (Å²) >= 11 is 3.44. The van der Waals surface area contributed by atoms with Crippen molar-refractivity contribution in [3.63, 3.8) is 0 Å². The topological polar surface area (TPSA) is 50.7 Å². The van der Waals surface area contributed by atoms with Crippen molar-refractivity contribution in [2.45, 2.75) is 32.6 Å². The highest BCUT2D eigenvalue weighted by Crippen LogP contribution is 2.66. The normalized spacial score (nSPS) is 28.2. The monoisotopic (exact) mass is 390 g/mol. The number of hydrogen-bond donors (Lipinski definition) is 1. The van der Waals surface area contributed by atoms with Crippen LogP contribution in [0, 0.1) is 17.3 Å². The Morgan fingerprint density at radius 3 is 3.08 bits per heavy atom. The number of rotatable bonds is 6. The number of amides is 1. The summed E-state index contributed by atoms with van der Waals surface area (Å²) in [5.41, 5.74) is 3.73. The highest BCUT2D eigenvalue weighted by atomic mass is 79.9. The van der Waals surface area contributed by atoms with Crippen LogP contribution in [0.3, 0.4) is 0 Å². The zero-order valence-corrected chi connectivity index (χ0v) is 15.5. The first-order valence-corrected chi connectivity index (χ1v) is 9.22. The van der Waals surface area contributed by atoms with Gasteiger partial charge in [0.2, 0.25) is 5.91 Å². The molecule has 2 aliphatic carbocycles. The second-order valence-electron chi connectivity index (χ2n) is 6.85. The minimum absolute atomic E-state index is 0.0456. The van der Waals surface area contributed by atoms with E-state index in [4.69, 9.17) is 4.74 Å². The third-order valence-electron chi connectivity index (χ3n) is 5.32. The Labute approximate surface area is 151 Å². The lowest BCUT2D eigenvalue weighted by atomic mass is 9.90. The van der Waals surface area contributed by atoms with E-state index in [2.05, 4.69) is 40.0 Å². The Hall–Kier alpha value is -1.62. The van der Waals surface area contributed by atoms with Gasteiger partial charge >= 0.3 is 0 Å². The first kappa shape index (κ1) is 17.2. The SMILES string of the molecule is C=CCOc1ccc(Br)cc1/C=N\NC(=O)[C@H]1[C@H]2CCCC[C@@]21C. The molecule has 3 rings (SSSR count). The predicted molar refractivity (Wildman–Crippen MR) is 99.1 cm³/mol. The van der Waals surface area contributed by atoms with Crippen molar-refractivity contribution in [3.05, 3.63) is 40.9 Å². The van der Waals surface area contributed by atoms with Gasteiger partial charge in [-0.05, 0) is 42.4 Å². The lowest BCUT2D eigenvalue weighted by Gasteiger charge is -2.15. The molecule has 128 valence electrons. The second kappa shape index (κ2) is 7.09. The number of benzene rings is 1. The van der Waals surface area contributed by atoms with Gasteiger partial charge in [0, 0.05) is 16.0 Å². The Balaban J connectivity index is 1.63. The number of hydrazone groups is 1. The molecule has 2 fully saturated rings. The van der Waals surface area contributed by atoms with E-state index in [1.165, 1.54) is 19.3 Å². The fourth-order valence-electron chi connectivity index (χ4n) is 3.99. The number of ether oxygens (including phenoxy) is 1. The van der Waals surface area contributed by atoms with E-state index in [0.29, 0.717) is 18.3 Å². The average Bonchev–Trinajstić information content (AvgIpc) is 3.19. The van der Waals surface area contributed by atoms with E-state index in [1.807, 2.05) is 18.2 Å². The third-order valence-corrected chi connectivity index (χ3v) is 5.81. The number of hydrogen-bond acceptors (Lipinski definition) is 3. The molecule has 0 aliphatic heterocycles. The number of carbonyl (C=O) groups is 1. The Bertz CT molecular complexity index is 673. The smallest absolute Gasteiger partial charge is 0.244 e. The summed E-state index contributed by atoms with van der Waals surface area (Å²) in [5.74, 6) is 1.42. The molecule has 0 aromatic heterocycles. The Kier molecular flexibility index (Phi) is 5.09. The van der Waals surface area contributed by atoms with Gasteiger partial charge in [-0.15, -0.1) is 0 Å².